The van der Waals surface area contributed by atoms with Crippen LogP contribution in [-0.4, -0.2) is 78.9 Å². The van der Waals surface area contributed by atoms with E-state index in [1.165, 1.54) is 17.5 Å². The Kier molecular flexibility index (Phi) is 14.0. The van der Waals surface area contributed by atoms with Crippen LogP contribution in [0.1, 0.15) is 44.7 Å². The highest BCUT2D eigenvalue weighted by Crippen LogP contribution is 2.17. The van der Waals surface area contributed by atoms with E-state index >= 15 is 0 Å². The zero-order valence-corrected chi connectivity index (χ0v) is 24.5. The third-order valence-corrected chi connectivity index (χ3v) is 5.94. The van der Waals surface area contributed by atoms with E-state index < -0.39 is 5.60 Å². The predicted molar refractivity (Wildman–Crippen MR) is 157 cm³/mol. The Hall–Kier alpha value is -2.29. The first-order valence-corrected chi connectivity index (χ1v) is 12.7. The summed E-state index contributed by atoms with van der Waals surface area (Å²) in [6, 6.07) is 8.28. The predicted octanol–water partition coefficient (Wildman–Crippen LogP) is 4.87. The van der Waals surface area contributed by atoms with Gasteiger partial charge in [-0.15, -0.1) is 24.8 Å². The highest BCUT2D eigenvalue weighted by molar-refractivity contribution is 5.85. The Labute approximate surface area is 235 Å². The summed E-state index contributed by atoms with van der Waals surface area (Å²) in [4.78, 5) is 27.3. The summed E-state index contributed by atoms with van der Waals surface area (Å²) < 4.78 is 5.45. The number of anilines is 2. The molecule has 0 radical (unpaired) electrons. The molecule has 0 saturated carbocycles. The van der Waals surface area contributed by atoms with Gasteiger partial charge >= 0.3 is 6.09 Å². The number of rotatable bonds is 2. The van der Waals surface area contributed by atoms with Gasteiger partial charge in [0.25, 0.3) is 0 Å². The molecule has 2 aliphatic rings. The number of hydrogen-bond acceptors (Lipinski definition) is 7. The van der Waals surface area contributed by atoms with Crippen molar-refractivity contribution in [3.05, 3.63) is 47.8 Å². The maximum Gasteiger partial charge on any atom is 0.410 e. The number of amides is 1. The van der Waals surface area contributed by atoms with Crippen molar-refractivity contribution in [2.45, 2.75) is 53.1 Å². The van der Waals surface area contributed by atoms with E-state index in [9.17, 15) is 4.79 Å². The Bertz CT molecular complexity index is 948. The molecule has 0 aliphatic carbocycles. The molecule has 37 heavy (non-hydrogen) atoms. The minimum Gasteiger partial charge on any atom is -0.444 e. The van der Waals surface area contributed by atoms with Crippen molar-refractivity contribution in [1.82, 2.24) is 20.2 Å². The fraction of sp³-hybridized carbons (Fsp3) is 0.593. The smallest absolute Gasteiger partial charge is 0.410 e. The normalized spacial score (nSPS) is 16.2. The average Bonchev–Trinajstić information content (AvgIpc) is 3.22. The van der Waals surface area contributed by atoms with Gasteiger partial charge < -0.3 is 24.8 Å². The minimum absolute atomic E-state index is 0. The Morgan fingerprint density at radius 1 is 0.811 bits per heavy atom. The highest BCUT2D eigenvalue weighted by Gasteiger charge is 2.24. The van der Waals surface area contributed by atoms with Crippen LogP contribution < -0.4 is 15.1 Å². The molecule has 0 unspecified atom stereocenters. The Morgan fingerprint density at radius 3 is 1.95 bits per heavy atom. The molecule has 8 nitrogen and oxygen atoms in total. The molecule has 4 rings (SSSR count). The van der Waals surface area contributed by atoms with Gasteiger partial charge in [0.1, 0.15) is 17.2 Å². The summed E-state index contributed by atoms with van der Waals surface area (Å²) >= 11 is 0. The van der Waals surface area contributed by atoms with Gasteiger partial charge in [-0.05, 0) is 89.4 Å². The van der Waals surface area contributed by atoms with Gasteiger partial charge in [-0.25, -0.2) is 14.8 Å². The maximum absolute atomic E-state index is 12.1. The van der Waals surface area contributed by atoms with Gasteiger partial charge in [0.2, 0.25) is 0 Å². The molecule has 4 heterocycles. The molecule has 10 heteroatoms. The lowest BCUT2D eigenvalue weighted by molar-refractivity contribution is 0.0263. The molecule has 0 aromatic carbocycles. The van der Waals surface area contributed by atoms with E-state index in [-0.39, 0.29) is 30.9 Å². The van der Waals surface area contributed by atoms with Crippen molar-refractivity contribution in [1.29, 1.82) is 0 Å². The van der Waals surface area contributed by atoms with Crippen LogP contribution in [0, 0.1) is 13.8 Å². The number of nitrogens with one attached hydrogen (secondary N) is 1. The second-order valence-electron chi connectivity index (χ2n) is 10.3. The lowest BCUT2D eigenvalue weighted by atomic mass is 10.2. The summed E-state index contributed by atoms with van der Waals surface area (Å²) in [5.74, 6) is 2.11. The van der Waals surface area contributed by atoms with Gasteiger partial charge in [-0.2, -0.15) is 0 Å². The van der Waals surface area contributed by atoms with Crippen LogP contribution in [0.15, 0.2) is 36.7 Å². The minimum atomic E-state index is -0.443. The molecule has 2 aromatic heterocycles. The number of aromatic nitrogens is 2. The Morgan fingerprint density at radius 2 is 1.38 bits per heavy atom. The quantitative estimate of drug-likeness (QED) is 0.567. The number of nitrogens with zero attached hydrogens (tertiary/aromatic N) is 5. The number of pyridine rings is 2. The van der Waals surface area contributed by atoms with Crippen LogP contribution >= 0.6 is 24.8 Å². The van der Waals surface area contributed by atoms with Gasteiger partial charge in [0.05, 0.1) is 0 Å². The number of halogens is 2. The van der Waals surface area contributed by atoms with E-state index in [0.717, 1.165) is 63.9 Å². The SMILES string of the molecule is Cc1ccnc(N2CCCN(C(=O)OC(C)(C)C)CC2)c1.Cc1ccnc(N2CCCNCC2)c1.Cl.Cl. The van der Waals surface area contributed by atoms with Crippen molar-refractivity contribution in [2.75, 3.05) is 62.2 Å². The first-order chi connectivity index (χ1) is 16.7. The van der Waals surface area contributed by atoms with Crippen LogP contribution in [0.4, 0.5) is 16.4 Å². The van der Waals surface area contributed by atoms with Crippen molar-refractivity contribution in [2.24, 2.45) is 0 Å². The Balaban J connectivity index is 0.000000375. The van der Waals surface area contributed by atoms with Gasteiger partial charge in [0, 0.05) is 58.2 Å². The van der Waals surface area contributed by atoms with E-state index in [0.29, 0.717) is 6.54 Å². The molecule has 2 aliphatic heterocycles. The molecule has 0 bridgehead atoms. The first-order valence-electron chi connectivity index (χ1n) is 12.7. The topological polar surface area (TPSA) is 73.8 Å². The molecular formula is C27H44Cl2N6O2. The van der Waals surface area contributed by atoms with Crippen LogP contribution in [0.25, 0.3) is 0 Å². The number of ether oxygens (including phenoxy) is 1. The van der Waals surface area contributed by atoms with Crippen LogP contribution in [-0.2, 0) is 4.74 Å². The van der Waals surface area contributed by atoms with Crippen molar-refractivity contribution >= 4 is 42.5 Å². The molecule has 1 N–H and O–H groups in total. The lowest BCUT2D eigenvalue weighted by Gasteiger charge is -2.26. The van der Waals surface area contributed by atoms with E-state index in [1.807, 2.05) is 45.3 Å². The molecule has 2 aromatic rings. The standard InChI is InChI=1S/C16H25N3O2.C11H17N3.2ClH/c1-13-6-7-17-14(12-13)18-8-5-9-19(11-10-18)15(20)21-16(2,3)4;1-10-3-5-13-11(9-10)14-7-2-4-12-6-8-14;;/h6-7,12H,5,8-11H2,1-4H3;3,5,9,12H,2,4,6-8H2,1H3;2*1H. The third kappa shape index (κ3) is 11.3. The monoisotopic (exact) mass is 554 g/mol. The number of aryl methyl sites for hydroxylation is 2. The van der Waals surface area contributed by atoms with Crippen molar-refractivity contribution < 1.29 is 9.53 Å². The van der Waals surface area contributed by atoms with E-state index in [1.54, 1.807) is 4.90 Å². The fourth-order valence-electron chi connectivity index (χ4n) is 4.12. The van der Waals surface area contributed by atoms with Gasteiger partial charge in [0.15, 0.2) is 0 Å². The largest absolute Gasteiger partial charge is 0.444 e. The number of carbonyl (C=O) groups is 1. The summed E-state index contributed by atoms with van der Waals surface area (Å²) in [6.07, 6.45) is 5.64. The lowest BCUT2D eigenvalue weighted by Crippen LogP contribution is -2.39. The zero-order valence-electron chi connectivity index (χ0n) is 22.9. The number of hydrogen-bond donors (Lipinski definition) is 1. The third-order valence-electron chi connectivity index (χ3n) is 5.94. The maximum atomic E-state index is 12.1. The highest BCUT2D eigenvalue weighted by atomic mass is 35.5. The summed E-state index contributed by atoms with van der Waals surface area (Å²) in [7, 11) is 0. The molecular weight excluding hydrogens is 511 g/mol. The van der Waals surface area contributed by atoms with Crippen LogP contribution in [0.3, 0.4) is 0 Å². The second-order valence-corrected chi connectivity index (χ2v) is 10.3. The second kappa shape index (κ2) is 15.8. The molecule has 1 amide bonds. The summed E-state index contributed by atoms with van der Waals surface area (Å²) in [5.41, 5.74) is 2.04. The molecule has 2 fully saturated rings. The van der Waals surface area contributed by atoms with Crippen molar-refractivity contribution in [3.8, 4) is 0 Å². The van der Waals surface area contributed by atoms with Crippen LogP contribution in [0.5, 0.6) is 0 Å². The van der Waals surface area contributed by atoms with Crippen molar-refractivity contribution in [3.63, 3.8) is 0 Å². The van der Waals surface area contributed by atoms with Gasteiger partial charge in [-0.1, -0.05) is 0 Å². The molecule has 2 saturated heterocycles. The molecule has 0 spiro atoms. The fourth-order valence-corrected chi connectivity index (χ4v) is 4.12. The van der Waals surface area contributed by atoms with Gasteiger partial charge in [-0.3, -0.25) is 0 Å². The molecule has 208 valence electrons. The van der Waals surface area contributed by atoms with E-state index in [2.05, 4.69) is 51.1 Å². The van der Waals surface area contributed by atoms with E-state index in [4.69, 9.17) is 4.74 Å². The summed E-state index contributed by atoms with van der Waals surface area (Å²) in [5, 5.41) is 3.39. The van der Waals surface area contributed by atoms with Crippen LogP contribution in [0.2, 0.25) is 0 Å². The summed E-state index contributed by atoms with van der Waals surface area (Å²) in [6.45, 7) is 17.3. The number of carbonyl (C=O) groups excluding carboxylic acids is 1. The first kappa shape index (κ1) is 32.7. The average molecular weight is 556 g/mol. The molecule has 0 atom stereocenters. The zero-order chi connectivity index (χ0) is 25.3.